The van der Waals surface area contributed by atoms with E-state index < -0.39 is 11.5 Å². The third-order valence-electron chi connectivity index (χ3n) is 4.04. The number of carbonyl (C=O) groups excluding carboxylic acids is 1. The number of para-hydroxylation sites is 1. The average Bonchev–Trinajstić information content (AvgIpc) is 2.59. The Kier molecular flexibility index (Phi) is 4.47. The molecule has 0 amide bonds. The minimum absolute atomic E-state index is 0.00142. The van der Waals surface area contributed by atoms with Crippen LogP contribution in [0.15, 0.2) is 63.8 Å². The molecule has 0 N–H and O–H groups in total. The van der Waals surface area contributed by atoms with Crippen molar-refractivity contribution in [3.8, 4) is 5.75 Å². The first-order chi connectivity index (χ1) is 11.6. The van der Waals surface area contributed by atoms with Crippen molar-refractivity contribution in [2.24, 2.45) is 0 Å². The molecule has 24 heavy (non-hydrogen) atoms. The molecule has 4 heteroatoms. The maximum atomic E-state index is 12.7. The zero-order valence-electron chi connectivity index (χ0n) is 13.6. The van der Waals surface area contributed by atoms with Crippen LogP contribution in [0, 0.1) is 0 Å². The Morgan fingerprint density at radius 3 is 2.42 bits per heavy atom. The van der Waals surface area contributed by atoms with E-state index in [0.717, 1.165) is 10.9 Å². The summed E-state index contributed by atoms with van der Waals surface area (Å²) in [6.45, 7) is 1.52. The van der Waals surface area contributed by atoms with Gasteiger partial charge in [-0.05, 0) is 24.6 Å². The number of methoxy groups -OCH3 is 1. The lowest BCUT2D eigenvalue weighted by Crippen LogP contribution is -2.17. The standard InChI is InChI=1S/C20H18O4/c1-13(21)12-16(14-8-4-3-5-9-14)18-19(23-2)15-10-6-7-11-17(15)24-20(18)22/h3-11,16H,12H2,1-2H3/i20+1. The number of benzene rings is 2. The Balaban J connectivity index is 2.29. The second kappa shape index (κ2) is 6.71. The summed E-state index contributed by atoms with van der Waals surface area (Å²) in [6, 6.07) is 16.7. The summed E-state index contributed by atoms with van der Waals surface area (Å²) in [7, 11) is 1.53. The van der Waals surface area contributed by atoms with E-state index in [0.29, 0.717) is 16.9 Å². The quantitative estimate of drug-likeness (QED) is 0.668. The minimum atomic E-state index is -0.472. The summed E-state index contributed by atoms with van der Waals surface area (Å²) >= 11 is 0. The molecule has 4 nitrogen and oxygen atoms in total. The van der Waals surface area contributed by atoms with Gasteiger partial charge >= 0.3 is 5.63 Å². The lowest BCUT2D eigenvalue weighted by Gasteiger charge is -2.19. The van der Waals surface area contributed by atoms with Gasteiger partial charge in [-0.1, -0.05) is 42.5 Å². The number of hydrogen-bond donors (Lipinski definition) is 0. The molecule has 122 valence electrons. The third-order valence-corrected chi connectivity index (χ3v) is 4.04. The summed E-state index contributed by atoms with van der Waals surface area (Å²) in [5.41, 5.74) is 1.27. The smallest absolute Gasteiger partial charge is 0.343 e. The van der Waals surface area contributed by atoms with Gasteiger partial charge in [0.1, 0.15) is 17.1 Å². The first-order valence-corrected chi connectivity index (χ1v) is 7.76. The van der Waals surface area contributed by atoms with E-state index in [-0.39, 0.29) is 12.2 Å². The Bertz CT molecular complexity index is 925. The maximum Gasteiger partial charge on any atom is 0.343 e. The van der Waals surface area contributed by atoms with Crippen molar-refractivity contribution in [2.45, 2.75) is 19.3 Å². The van der Waals surface area contributed by atoms with Gasteiger partial charge in [-0.15, -0.1) is 0 Å². The van der Waals surface area contributed by atoms with Crippen molar-refractivity contribution in [3.63, 3.8) is 0 Å². The topological polar surface area (TPSA) is 56.5 Å². The minimum Gasteiger partial charge on any atom is -0.495 e. The zero-order valence-corrected chi connectivity index (χ0v) is 13.6. The summed E-state index contributed by atoms with van der Waals surface area (Å²) < 4.78 is 11.0. The highest BCUT2D eigenvalue weighted by molar-refractivity contribution is 5.85. The number of ether oxygens (including phenoxy) is 1. The Labute approximate surface area is 139 Å². The van der Waals surface area contributed by atoms with Gasteiger partial charge in [0.25, 0.3) is 0 Å². The molecular weight excluding hydrogens is 305 g/mol. The molecule has 3 aromatic rings. The Hall–Kier alpha value is -2.88. The van der Waals surface area contributed by atoms with Gasteiger partial charge in [0, 0.05) is 12.3 Å². The van der Waals surface area contributed by atoms with Crippen molar-refractivity contribution in [2.75, 3.05) is 7.11 Å². The fourth-order valence-electron chi connectivity index (χ4n) is 3.02. The first-order valence-electron chi connectivity index (χ1n) is 7.76. The molecule has 1 aromatic heterocycles. The average molecular weight is 323 g/mol. The molecule has 0 bridgehead atoms. The molecule has 0 saturated carbocycles. The highest BCUT2D eigenvalue weighted by atomic mass is 16.5. The number of rotatable bonds is 5. The van der Waals surface area contributed by atoms with Gasteiger partial charge in [0.05, 0.1) is 18.1 Å². The molecule has 0 aliphatic rings. The molecule has 1 heterocycles. The molecule has 0 aliphatic heterocycles. The lowest BCUT2D eigenvalue weighted by molar-refractivity contribution is -0.117. The van der Waals surface area contributed by atoms with Crippen LogP contribution in [0.5, 0.6) is 5.75 Å². The molecule has 0 fully saturated rings. The number of Topliss-reactive ketones (excluding diaryl/α,β-unsaturated/α-hetero) is 1. The fourth-order valence-corrected chi connectivity index (χ4v) is 3.02. The van der Waals surface area contributed by atoms with Crippen LogP contribution in [-0.4, -0.2) is 12.9 Å². The highest BCUT2D eigenvalue weighted by Gasteiger charge is 2.26. The van der Waals surface area contributed by atoms with Crippen molar-refractivity contribution in [1.29, 1.82) is 0 Å². The molecule has 1 unspecified atom stereocenters. The molecule has 0 radical (unpaired) electrons. The van der Waals surface area contributed by atoms with Crippen LogP contribution in [0.25, 0.3) is 11.0 Å². The Morgan fingerprint density at radius 1 is 1.08 bits per heavy atom. The van der Waals surface area contributed by atoms with Gasteiger partial charge in [-0.3, -0.25) is 4.79 Å². The summed E-state index contributed by atoms with van der Waals surface area (Å²) in [5, 5.41) is 0.721. The summed E-state index contributed by atoms with van der Waals surface area (Å²) in [6.07, 6.45) is 0.212. The number of ketones is 1. The van der Waals surface area contributed by atoms with Crippen LogP contribution in [-0.2, 0) is 4.79 Å². The number of fused-ring (bicyclic) bond motifs is 1. The summed E-state index contributed by atoms with van der Waals surface area (Å²) in [4.78, 5) is 24.5. The zero-order chi connectivity index (χ0) is 17.1. The normalized spacial score (nSPS) is 12.1. The fraction of sp³-hybridized carbons (Fsp3) is 0.200. The maximum absolute atomic E-state index is 12.7. The predicted octanol–water partition coefficient (Wildman–Crippen LogP) is 3.91. The molecule has 2 aromatic carbocycles. The Morgan fingerprint density at radius 2 is 1.75 bits per heavy atom. The van der Waals surface area contributed by atoms with Crippen molar-refractivity contribution in [3.05, 3.63) is 76.1 Å². The van der Waals surface area contributed by atoms with Gasteiger partial charge in [-0.25, -0.2) is 4.79 Å². The second-order valence-electron chi connectivity index (χ2n) is 5.70. The van der Waals surface area contributed by atoms with E-state index in [1.165, 1.54) is 14.0 Å². The molecular formula is C20H18O4. The number of carbonyl (C=O) groups is 1. The summed E-state index contributed by atoms with van der Waals surface area (Å²) in [5.74, 6) is 0.0647. The molecule has 0 spiro atoms. The van der Waals surface area contributed by atoms with Gasteiger partial charge in [0.15, 0.2) is 0 Å². The van der Waals surface area contributed by atoms with Crippen LogP contribution in [0.3, 0.4) is 0 Å². The SMILES string of the molecule is COc1c(C(CC(C)=O)c2ccccc2)[13c](=O)oc2ccccc12. The van der Waals surface area contributed by atoms with Gasteiger partial charge in [-0.2, -0.15) is 0 Å². The van der Waals surface area contributed by atoms with E-state index >= 15 is 0 Å². The largest absolute Gasteiger partial charge is 0.495 e. The van der Waals surface area contributed by atoms with E-state index in [1.54, 1.807) is 12.1 Å². The molecule has 1 atom stereocenters. The van der Waals surface area contributed by atoms with E-state index in [1.807, 2.05) is 42.5 Å². The van der Waals surface area contributed by atoms with Gasteiger partial charge < -0.3 is 9.15 Å². The lowest BCUT2D eigenvalue weighted by atomic mass is 9.89. The highest BCUT2D eigenvalue weighted by Crippen LogP contribution is 2.36. The number of hydrogen-bond acceptors (Lipinski definition) is 4. The molecule has 0 saturated heterocycles. The van der Waals surface area contributed by atoms with Crippen LogP contribution in [0.4, 0.5) is 0 Å². The van der Waals surface area contributed by atoms with E-state index in [4.69, 9.17) is 9.15 Å². The van der Waals surface area contributed by atoms with Crippen molar-refractivity contribution >= 4 is 16.8 Å². The van der Waals surface area contributed by atoms with Crippen LogP contribution >= 0.6 is 0 Å². The second-order valence-corrected chi connectivity index (χ2v) is 5.70. The monoisotopic (exact) mass is 323 g/mol. The third kappa shape index (κ3) is 2.95. The van der Waals surface area contributed by atoms with E-state index in [2.05, 4.69) is 0 Å². The van der Waals surface area contributed by atoms with E-state index in [9.17, 15) is 9.59 Å². The van der Waals surface area contributed by atoms with Crippen LogP contribution < -0.4 is 10.4 Å². The van der Waals surface area contributed by atoms with Crippen molar-refractivity contribution in [1.82, 2.24) is 0 Å². The predicted molar refractivity (Wildman–Crippen MR) is 92.6 cm³/mol. The van der Waals surface area contributed by atoms with Gasteiger partial charge in [0.2, 0.25) is 0 Å². The molecule has 0 aliphatic carbocycles. The first kappa shape index (κ1) is 16.0. The van der Waals surface area contributed by atoms with Crippen molar-refractivity contribution < 1.29 is 13.9 Å². The van der Waals surface area contributed by atoms with Crippen LogP contribution in [0.2, 0.25) is 0 Å². The van der Waals surface area contributed by atoms with Crippen LogP contribution in [0.1, 0.15) is 30.4 Å². The molecule has 3 rings (SSSR count).